The predicted molar refractivity (Wildman–Crippen MR) is 65.7 cm³/mol. The van der Waals surface area contributed by atoms with Crippen LogP contribution in [0.15, 0.2) is 0 Å². The summed E-state index contributed by atoms with van der Waals surface area (Å²) in [6.07, 6.45) is 0. The van der Waals surface area contributed by atoms with Gasteiger partial charge in [0.05, 0.1) is 13.2 Å². The van der Waals surface area contributed by atoms with Crippen LogP contribution in [-0.4, -0.2) is 75.6 Å². The molecule has 0 aliphatic rings. The molecule has 17 heavy (non-hydrogen) atoms. The van der Waals surface area contributed by atoms with Crippen LogP contribution in [0.4, 0.5) is 0 Å². The second kappa shape index (κ2) is 8.95. The molecule has 0 aromatic heterocycles. The monoisotopic (exact) mass is 245 g/mol. The zero-order valence-corrected chi connectivity index (χ0v) is 11.2. The highest BCUT2D eigenvalue weighted by Gasteiger charge is 2.13. The molecular weight excluding hydrogens is 222 g/mol. The highest BCUT2D eigenvalue weighted by atomic mass is 16.5. The fourth-order valence-corrected chi connectivity index (χ4v) is 1.19. The van der Waals surface area contributed by atoms with Crippen molar-refractivity contribution in [1.82, 2.24) is 15.1 Å². The number of ether oxygens (including phenoxy) is 1. The van der Waals surface area contributed by atoms with Crippen LogP contribution >= 0.6 is 0 Å². The van der Waals surface area contributed by atoms with Crippen molar-refractivity contribution in [3.63, 3.8) is 0 Å². The number of methoxy groups -OCH3 is 1. The number of hydrogen-bond donors (Lipinski definition) is 1. The molecule has 0 bridgehead atoms. The third kappa shape index (κ3) is 8.65. The van der Waals surface area contributed by atoms with Crippen LogP contribution in [0.2, 0.25) is 0 Å². The summed E-state index contributed by atoms with van der Waals surface area (Å²) in [5.41, 5.74) is 0. The Morgan fingerprint density at radius 2 is 1.88 bits per heavy atom. The molecule has 0 aromatic rings. The van der Waals surface area contributed by atoms with Crippen molar-refractivity contribution >= 4 is 11.8 Å². The molecule has 0 atom stereocenters. The molecular formula is C11H23N3O3. The number of carbonyl (C=O) groups excluding carboxylic acids is 2. The van der Waals surface area contributed by atoms with Gasteiger partial charge in [-0.1, -0.05) is 0 Å². The lowest BCUT2D eigenvalue weighted by Gasteiger charge is -2.22. The van der Waals surface area contributed by atoms with E-state index in [2.05, 4.69) is 5.32 Å². The van der Waals surface area contributed by atoms with Gasteiger partial charge in [-0.05, 0) is 14.1 Å². The normalized spacial score (nSPS) is 10.4. The van der Waals surface area contributed by atoms with Crippen molar-refractivity contribution in [3.8, 4) is 0 Å². The van der Waals surface area contributed by atoms with Crippen LogP contribution in [0.5, 0.6) is 0 Å². The first-order chi connectivity index (χ1) is 7.97. The molecule has 0 aliphatic carbocycles. The average Bonchev–Trinajstić information content (AvgIpc) is 2.23. The molecule has 0 saturated heterocycles. The Kier molecular flexibility index (Phi) is 8.35. The van der Waals surface area contributed by atoms with E-state index in [1.54, 1.807) is 7.11 Å². The number of hydrogen-bond acceptors (Lipinski definition) is 4. The van der Waals surface area contributed by atoms with E-state index < -0.39 is 0 Å². The molecule has 0 aliphatic heterocycles. The van der Waals surface area contributed by atoms with E-state index in [-0.39, 0.29) is 18.4 Å². The topological polar surface area (TPSA) is 61.9 Å². The van der Waals surface area contributed by atoms with Crippen molar-refractivity contribution in [3.05, 3.63) is 0 Å². The van der Waals surface area contributed by atoms with E-state index in [9.17, 15) is 9.59 Å². The molecule has 1 N–H and O–H groups in total. The van der Waals surface area contributed by atoms with Gasteiger partial charge in [0.25, 0.3) is 0 Å². The highest BCUT2D eigenvalue weighted by molar-refractivity contribution is 5.83. The van der Waals surface area contributed by atoms with Crippen molar-refractivity contribution in [2.75, 3.05) is 54.0 Å². The number of nitrogens with one attached hydrogen (secondary N) is 1. The molecule has 0 radical (unpaired) electrons. The molecule has 0 heterocycles. The largest absolute Gasteiger partial charge is 0.383 e. The van der Waals surface area contributed by atoms with Crippen LogP contribution in [-0.2, 0) is 14.3 Å². The lowest BCUT2D eigenvalue weighted by molar-refractivity contribution is -0.134. The average molecular weight is 245 g/mol. The lowest BCUT2D eigenvalue weighted by atomic mass is 10.4. The van der Waals surface area contributed by atoms with Gasteiger partial charge in [-0.25, -0.2) is 0 Å². The van der Waals surface area contributed by atoms with Crippen LogP contribution in [0.25, 0.3) is 0 Å². The first-order valence-corrected chi connectivity index (χ1v) is 5.63. The molecule has 0 spiro atoms. The summed E-state index contributed by atoms with van der Waals surface area (Å²) in [6, 6.07) is 0. The summed E-state index contributed by atoms with van der Waals surface area (Å²) in [4.78, 5) is 26.3. The number of likely N-dealkylation sites (N-methyl/N-ethyl adjacent to an activating group) is 1. The maximum atomic E-state index is 11.5. The van der Waals surface area contributed by atoms with E-state index in [4.69, 9.17) is 4.74 Å². The number of rotatable bonds is 8. The number of amides is 2. The Balaban J connectivity index is 3.98. The molecule has 6 nitrogen and oxygen atoms in total. The van der Waals surface area contributed by atoms with Crippen molar-refractivity contribution < 1.29 is 14.3 Å². The lowest BCUT2D eigenvalue weighted by Crippen LogP contribution is -2.43. The van der Waals surface area contributed by atoms with Gasteiger partial charge in [-0.15, -0.1) is 0 Å². The van der Waals surface area contributed by atoms with E-state index in [0.717, 1.165) is 6.54 Å². The van der Waals surface area contributed by atoms with Gasteiger partial charge in [0, 0.05) is 33.7 Å². The third-order valence-corrected chi connectivity index (χ3v) is 2.23. The summed E-state index contributed by atoms with van der Waals surface area (Å²) in [7, 11) is 5.43. The van der Waals surface area contributed by atoms with Gasteiger partial charge in [0.1, 0.15) is 0 Å². The third-order valence-electron chi connectivity index (χ3n) is 2.23. The van der Waals surface area contributed by atoms with Gasteiger partial charge in [0.2, 0.25) is 11.8 Å². The highest BCUT2D eigenvalue weighted by Crippen LogP contribution is 1.90. The zero-order valence-electron chi connectivity index (χ0n) is 11.2. The first-order valence-electron chi connectivity index (χ1n) is 5.63. The minimum atomic E-state index is -0.156. The van der Waals surface area contributed by atoms with Gasteiger partial charge in [0.15, 0.2) is 0 Å². The van der Waals surface area contributed by atoms with Crippen LogP contribution in [0, 0.1) is 0 Å². The van der Waals surface area contributed by atoms with Gasteiger partial charge >= 0.3 is 0 Å². The van der Waals surface area contributed by atoms with E-state index in [1.807, 2.05) is 19.0 Å². The van der Waals surface area contributed by atoms with Gasteiger partial charge in [-0.2, -0.15) is 0 Å². The Hall–Kier alpha value is -1.14. The second-order valence-electron chi connectivity index (χ2n) is 4.09. The van der Waals surface area contributed by atoms with Crippen molar-refractivity contribution in [2.24, 2.45) is 0 Å². The summed E-state index contributed by atoms with van der Waals surface area (Å²) >= 11 is 0. The zero-order chi connectivity index (χ0) is 13.3. The fraction of sp³-hybridized carbons (Fsp3) is 0.818. The summed E-state index contributed by atoms with van der Waals surface area (Å²) in [6.45, 7) is 3.81. The molecule has 2 amide bonds. The van der Waals surface area contributed by atoms with E-state index >= 15 is 0 Å². The molecule has 0 aromatic carbocycles. The van der Waals surface area contributed by atoms with Crippen molar-refractivity contribution in [1.29, 1.82) is 0 Å². The Morgan fingerprint density at radius 1 is 1.24 bits per heavy atom. The van der Waals surface area contributed by atoms with Crippen LogP contribution in [0.1, 0.15) is 6.92 Å². The number of carbonyl (C=O) groups is 2. The Morgan fingerprint density at radius 3 is 2.35 bits per heavy atom. The summed E-state index contributed by atoms with van der Waals surface area (Å²) in [5.74, 6) is -0.246. The molecule has 100 valence electrons. The molecule has 0 rings (SSSR count). The summed E-state index contributed by atoms with van der Waals surface area (Å²) < 4.78 is 4.82. The Labute approximate surface area is 103 Å². The summed E-state index contributed by atoms with van der Waals surface area (Å²) in [5, 5.41) is 2.69. The quantitative estimate of drug-likeness (QED) is 0.566. The molecule has 0 unspecified atom stereocenters. The maximum absolute atomic E-state index is 11.5. The Bertz CT molecular complexity index is 244. The van der Waals surface area contributed by atoms with Gasteiger partial charge < -0.3 is 19.9 Å². The first kappa shape index (κ1) is 15.9. The van der Waals surface area contributed by atoms with E-state index in [1.165, 1.54) is 11.8 Å². The molecule has 0 fully saturated rings. The predicted octanol–water partition coefficient (Wildman–Crippen LogP) is -0.841. The number of nitrogens with zero attached hydrogens (tertiary/aromatic N) is 2. The minimum Gasteiger partial charge on any atom is -0.383 e. The molecule has 6 heteroatoms. The second-order valence-corrected chi connectivity index (χ2v) is 4.09. The fourth-order valence-electron chi connectivity index (χ4n) is 1.19. The van der Waals surface area contributed by atoms with Crippen LogP contribution in [0.3, 0.4) is 0 Å². The van der Waals surface area contributed by atoms with Gasteiger partial charge in [-0.3, -0.25) is 9.59 Å². The van der Waals surface area contributed by atoms with Crippen LogP contribution < -0.4 is 5.32 Å². The standard InChI is InChI=1S/C11H23N3O3/c1-10(15)14(7-6-13(2)3)9-11(16)12-5-8-17-4/h5-9H2,1-4H3,(H,12,16). The SMILES string of the molecule is COCCNC(=O)CN(CCN(C)C)C(C)=O. The van der Waals surface area contributed by atoms with E-state index in [0.29, 0.717) is 19.7 Å². The minimum absolute atomic E-state index is 0.0891. The smallest absolute Gasteiger partial charge is 0.239 e. The maximum Gasteiger partial charge on any atom is 0.239 e. The van der Waals surface area contributed by atoms with Crippen molar-refractivity contribution in [2.45, 2.75) is 6.92 Å². The molecule has 0 saturated carbocycles.